The monoisotopic (exact) mass is 462 g/mol. The zero-order valence-electron chi connectivity index (χ0n) is 17.3. The van der Waals surface area contributed by atoms with E-state index in [1.807, 2.05) is 27.0 Å². The number of benzene rings is 2. The number of ether oxygens (including phenoxy) is 1. The number of hydrogen-bond donors (Lipinski definition) is 0. The Hall–Kier alpha value is -1.52. The van der Waals surface area contributed by atoms with E-state index in [2.05, 4.69) is 52.5 Å². The standard InChI is InChI=1S/C23H28BrClN2O/c1-6-8-16(9-7-2)18-10-11-19(25)20-21(18)27(5)23(26-20)28-22-14(3)12-17(24)13-15(22)4/h10-13,16H,6-9H2,1-5H3. The number of imidazole rings is 1. The fourth-order valence-electron chi connectivity index (χ4n) is 4.02. The maximum absolute atomic E-state index is 6.52. The quantitative estimate of drug-likeness (QED) is 0.354. The second kappa shape index (κ2) is 8.87. The molecule has 0 radical (unpaired) electrons. The Balaban J connectivity index is 2.13. The van der Waals surface area contributed by atoms with Gasteiger partial charge in [-0.1, -0.05) is 60.3 Å². The molecular formula is C23H28BrClN2O. The molecule has 0 fully saturated rings. The molecule has 0 aliphatic carbocycles. The average molecular weight is 464 g/mol. The topological polar surface area (TPSA) is 27.1 Å². The van der Waals surface area contributed by atoms with Crippen LogP contribution in [-0.4, -0.2) is 9.55 Å². The first kappa shape index (κ1) is 21.2. The van der Waals surface area contributed by atoms with Crippen molar-refractivity contribution in [1.82, 2.24) is 9.55 Å². The molecule has 2 aromatic carbocycles. The third kappa shape index (κ3) is 4.08. The van der Waals surface area contributed by atoms with Crippen LogP contribution in [0.5, 0.6) is 11.8 Å². The molecule has 1 aromatic heterocycles. The molecule has 3 aromatic rings. The largest absolute Gasteiger partial charge is 0.425 e. The second-order valence-electron chi connectivity index (χ2n) is 7.53. The van der Waals surface area contributed by atoms with Crippen molar-refractivity contribution in [2.45, 2.75) is 59.3 Å². The molecule has 1 heterocycles. The van der Waals surface area contributed by atoms with Crippen molar-refractivity contribution in [2.24, 2.45) is 7.05 Å². The minimum atomic E-state index is 0.508. The van der Waals surface area contributed by atoms with Gasteiger partial charge in [0.25, 0.3) is 0 Å². The summed E-state index contributed by atoms with van der Waals surface area (Å²) in [6, 6.07) is 8.83. The molecule has 0 aliphatic rings. The van der Waals surface area contributed by atoms with Crippen LogP contribution >= 0.6 is 27.5 Å². The van der Waals surface area contributed by atoms with Crippen LogP contribution in [0.3, 0.4) is 0 Å². The summed E-state index contributed by atoms with van der Waals surface area (Å²) in [5, 5.41) is 0.667. The van der Waals surface area contributed by atoms with Gasteiger partial charge in [-0.05, 0) is 67.5 Å². The Morgan fingerprint density at radius 2 is 1.71 bits per heavy atom. The summed E-state index contributed by atoms with van der Waals surface area (Å²) in [6.07, 6.45) is 4.65. The summed E-state index contributed by atoms with van der Waals surface area (Å²) < 4.78 is 9.39. The van der Waals surface area contributed by atoms with Crippen molar-refractivity contribution in [2.75, 3.05) is 0 Å². The maximum atomic E-state index is 6.52. The van der Waals surface area contributed by atoms with Gasteiger partial charge in [0.15, 0.2) is 0 Å². The number of fused-ring (bicyclic) bond motifs is 1. The fourth-order valence-corrected chi connectivity index (χ4v) is 4.90. The van der Waals surface area contributed by atoms with Gasteiger partial charge in [0, 0.05) is 11.5 Å². The summed E-state index contributed by atoms with van der Waals surface area (Å²) >= 11 is 10.1. The van der Waals surface area contributed by atoms with E-state index in [0.29, 0.717) is 17.0 Å². The van der Waals surface area contributed by atoms with Crippen LogP contribution in [0.25, 0.3) is 11.0 Å². The predicted octanol–water partition coefficient (Wildman–Crippen LogP) is 8.08. The van der Waals surface area contributed by atoms with Gasteiger partial charge in [0.05, 0.1) is 10.5 Å². The molecule has 0 saturated heterocycles. The first-order valence-corrected chi connectivity index (χ1v) is 11.1. The molecule has 0 atom stereocenters. The van der Waals surface area contributed by atoms with Crippen molar-refractivity contribution in [3.8, 4) is 11.8 Å². The van der Waals surface area contributed by atoms with Crippen LogP contribution in [0.1, 0.15) is 62.1 Å². The lowest BCUT2D eigenvalue weighted by atomic mass is 9.89. The highest BCUT2D eigenvalue weighted by molar-refractivity contribution is 9.10. The summed E-state index contributed by atoms with van der Waals surface area (Å²) in [6.45, 7) is 8.58. The molecule has 0 saturated carbocycles. The number of aromatic nitrogens is 2. The third-order valence-electron chi connectivity index (χ3n) is 5.30. The number of hydrogen-bond acceptors (Lipinski definition) is 2. The van der Waals surface area contributed by atoms with Crippen molar-refractivity contribution < 1.29 is 4.74 Å². The van der Waals surface area contributed by atoms with Crippen LogP contribution in [-0.2, 0) is 7.05 Å². The number of halogens is 2. The molecule has 3 rings (SSSR count). The van der Waals surface area contributed by atoms with Crippen LogP contribution in [0.4, 0.5) is 0 Å². The predicted molar refractivity (Wildman–Crippen MR) is 122 cm³/mol. The Bertz CT molecular complexity index is 967. The molecule has 0 spiro atoms. The molecule has 3 nitrogen and oxygen atoms in total. The van der Waals surface area contributed by atoms with E-state index in [-0.39, 0.29) is 0 Å². The number of aryl methyl sites for hydroxylation is 3. The maximum Gasteiger partial charge on any atom is 0.302 e. The van der Waals surface area contributed by atoms with E-state index in [0.717, 1.165) is 58.1 Å². The van der Waals surface area contributed by atoms with Gasteiger partial charge in [-0.15, -0.1) is 0 Å². The summed E-state index contributed by atoms with van der Waals surface area (Å²) in [5.41, 5.74) is 5.36. The minimum absolute atomic E-state index is 0.508. The van der Waals surface area contributed by atoms with Gasteiger partial charge < -0.3 is 4.74 Å². The average Bonchev–Trinajstić information content (AvgIpc) is 2.96. The van der Waals surface area contributed by atoms with Crippen molar-refractivity contribution in [3.05, 3.63) is 50.5 Å². The van der Waals surface area contributed by atoms with Crippen molar-refractivity contribution >= 4 is 38.6 Å². The molecule has 5 heteroatoms. The molecule has 0 aliphatic heterocycles. The first-order chi connectivity index (χ1) is 13.4. The van der Waals surface area contributed by atoms with E-state index < -0.39 is 0 Å². The molecule has 150 valence electrons. The Labute approximate surface area is 181 Å². The Morgan fingerprint density at radius 1 is 1.11 bits per heavy atom. The van der Waals surface area contributed by atoms with E-state index in [1.165, 1.54) is 5.56 Å². The summed E-state index contributed by atoms with van der Waals surface area (Å²) in [4.78, 5) is 4.77. The van der Waals surface area contributed by atoms with Crippen molar-refractivity contribution in [3.63, 3.8) is 0 Å². The lowest BCUT2D eigenvalue weighted by Crippen LogP contribution is -2.03. The highest BCUT2D eigenvalue weighted by Gasteiger charge is 2.21. The normalized spacial score (nSPS) is 11.6. The van der Waals surface area contributed by atoms with Gasteiger partial charge >= 0.3 is 6.01 Å². The molecule has 0 N–H and O–H groups in total. The van der Waals surface area contributed by atoms with Gasteiger partial charge in [0.2, 0.25) is 0 Å². The fraction of sp³-hybridized carbons (Fsp3) is 0.435. The van der Waals surface area contributed by atoms with E-state index in [4.69, 9.17) is 21.3 Å². The van der Waals surface area contributed by atoms with E-state index in [1.54, 1.807) is 0 Å². The zero-order valence-corrected chi connectivity index (χ0v) is 19.6. The van der Waals surface area contributed by atoms with Gasteiger partial charge in [-0.2, -0.15) is 4.98 Å². The zero-order chi connectivity index (χ0) is 20.4. The van der Waals surface area contributed by atoms with Crippen LogP contribution in [0, 0.1) is 13.8 Å². The van der Waals surface area contributed by atoms with Crippen LogP contribution in [0.15, 0.2) is 28.7 Å². The molecular weight excluding hydrogens is 436 g/mol. The minimum Gasteiger partial charge on any atom is -0.425 e. The third-order valence-corrected chi connectivity index (χ3v) is 6.06. The molecule has 0 bridgehead atoms. The van der Waals surface area contributed by atoms with Gasteiger partial charge in [-0.25, -0.2) is 0 Å². The SMILES string of the molecule is CCCC(CCC)c1ccc(Cl)c2nc(Oc3c(C)cc(Br)cc3C)n(C)c12. The number of rotatable bonds is 7. The Kier molecular flexibility index (Phi) is 6.72. The molecule has 0 amide bonds. The first-order valence-electron chi connectivity index (χ1n) is 9.96. The van der Waals surface area contributed by atoms with E-state index >= 15 is 0 Å². The highest BCUT2D eigenvalue weighted by Crippen LogP contribution is 2.38. The summed E-state index contributed by atoms with van der Waals surface area (Å²) in [5.74, 6) is 1.35. The lowest BCUT2D eigenvalue weighted by Gasteiger charge is -2.18. The van der Waals surface area contributed by atoms with Gasteiger partial charge in [-0.3, -0.25) is 4.57 Å². The smallest absolute Gasteiger partial charge is 0.302 e. The molecule has 28 heavy (non-hydrogen) atoms. The lowest BCUT2D eigenvalue weighted by molar-refractivity contribution is 0.421. The van der Waals surface area contributed by atoms with Gasteiger partial charge in [0.1, 0.15) is 11.3 Å². The second-order valence-corrected chi connectivity index (χ2v) is 8.86. The summed E-state index contributed by atoms with van der Waals surface area (Å²) in [7, 11) is 2.02. The Morgan fingerprint density at radius 3 is 2.29 bits per heavy atom. The van der Waals surface area contributed by atoms with Crippen LogP contribution < -0.4 is 4.74 Å². The molecule has 0 unspecified atom stereocenters. The van der Waals surface area contributed by atoms with Crippen LogP contribution in [0.2, 0.25) is 5.02 Å². The highest BCUT2D eigenvalue weighted by atomic mass is 79.9. The van der Waals surface area contributed by atoms with E-state index in [9.17, 15) is 0 Å². The van der Waals surface area contributed by atoms with Crippen molar-refractivity contribution in [1.29, 1.82) is 0 Å². The number of nitrogens with zero attached hydrogens (tertiary/aromatic N) is 2.